The van der Waals surface area contributed by atoms with Gasteiger partial charge in [0.15, 0.2) is 5.65 Å². The Morgan fingerprint density at radius 3 is 2.62 bits per heavy atom. The van der Waals surface area contributed by atoms with Gasteiger partial charge in [-0.1, -0.05) is 0 Å². The smallest absolute Gasteiger partial charge is 0.320 e. The molecule has 37 heavy (non-hydrogen) atoms. The van der Waals surface area contributed by atoms with E-state index in [2.05, 4.69) is 25.9 Å². The molecule has 1 N–H and O–H groups in total. The van der Waals surface area contributed by atoms with Crippen molar-refractivity contribution in [1.29, 1.82) is 0 Å². The summed E-state index contributed by atoms with van der Waals surface area (Å²) in [5, 5.41) is 2.19. The summed E-state index contributed by atoms with van der Waals surface area (Å²) < 4.78 is 11.2. The minimum absolute atomic E-state index is 0.145. The van der Waals surface area contributed by atoms with Gasteiger partial charge in [-0.15, -0.1) is 0 Å². The van der Waals surface area contributed by atoms with Crippen LogP contribution in [0.4, 0.5) is 10.5 Å². The van der Waals surface area contributed by atoms with Crippen molar-refractivity contribution in [2.45, 2.75) is 12.8 Å². The van der Waals surface area contributed by atoms with Gasteiger partial charge in [-0.3, -0.25) is 0 Å². The van der Waals surface area contributed by atoms with Gasteiger partial charge in [0.05, 0.1) is 25.4 Å². The predicted octanol–water partition coefficient (Wildman–Crippen LogP) is 4.15. The third-order valence-electron chi connectivity index (χ3n) is 7.50. The number of benzene rings is 1. The second-order valence-electron chi connectivity index (χ2n) is 9.79. The number of hydrogen-bond acceptors (Lipinski definition) is 6. The summed E-state index contributed by atoms with van der Waals surface area (Å²) in [5.41, 5.74) is 2.92. The van der Waals surface area contributed by atoms with Gasteiger partial charge in [-0.2, -0.15) is 0 Å². The number of ether oxygens (including phenoxy) is 2. The number of methoxy groups -OCH3 is 1. The van der Waals surface area contributed by atoms with Crippen LogP contribution in [0, 0.1) is 5.92 Å². The molecule has 6 rings (SSSR count). The minimum atomic E-state index is 0.145. The molecule has 2 aliphatic rings. The molecule has 192 valence electrons. The van der Waals surface area contributed by atoms with E-state index in [1.54, 1.807) is 13.3 Å². The first-order chi connectivity index (χ1) is 18.2. The van der Waals surface area contributed by atoms with Crippen molar-refractivity contribution in [3.05, 3.63) is 55.0 Å². The third-order valence-corrected chi connectivity index (χ3v) is 7.50. The molecule has 1 aromatic carbocycles. The summed E-state index contributed by atoms with van der Waals surface area (Å²) >= 11 is 0. The molecule has 2 saturated heterocycles. The topological polar surface area (TPSA) is 86.8 Å². The van der Waals surface area contributed by atoms with Crippen LogP contribution < -0.4 is 14.4 Å². The molecule has 9 nitrogen and oxygen atoms in total. The summed E-state index contributed by atoms with van der Waals surface area (Å²) in [6.45, 7) is 5.16. The highest BCUT2D eigenvalue weighted by Gasteiger charge is 2.30. The quantitative estimate of drug-likeness (QED) is 0.443. The molecule has 2 fully saturated rings. The van der Waals surface area contributed by atoms with Crippen molar-refractivity contribution in [1.82, 2.24) is 24.8 Å². The van der Waals surface area contributed by atoms with Crippen molar-refractivity contribution in [3.63, 3.8) is 0 Å². The van der Waals surface area contributed by atoms with Gasteiger partial charge in [0, 0.05) is 74.0 Å². The average molecular weight is 501 g/mol. The summed E-state index contributed by atoms with van der Waals surface area (Å²) in [5.74, 6) is 1.98. The molecule has 1 unspecified atom stereocenters. The van der Waals surface area contributed by atoms with E-state index >= 15 is 0 Å². The summed E-state index contributed by atoms with van der Waals surface area (Å²) in [4.78, 5) is 31.9. The average Bonchev–Trinajstić information content (AvgIpc) is 3.45. The Morgan fingerprint density at radius 1 is 1.00 bits per heavy atom. The molecule has 0 saturated carbocycles. The number of nitrogens with zero attached hydrogens (tertiary/aromatic N) is 5. The highest BCUT2D eigenvalue weighted by molar-refractivity contribution is 6.10. The van der Waals surface area contributed by atoms with Crippen LogP contribution in [-0.4, -0.2) is 83.8 Å². The minimum Gasteiger partial charge on any atom is -0.497 e. The van der Waals surface area contributed by atoms with Gasteiger partial charge in [0.1, 0.15) is 11.5 Å². The van der Waals surface area contributed by atoms with E-state index in [1.165, 1.54) is 0 Å². The number of urea groups is 1. The van der Waals surface area contributed by atoms with E-state index in [-0.39, 0.29) is 6.03 Å². The van der Waals surface area contributed by atoms with Crippen LogP contribution in [0.2, 0.25) is 0 Å². The first-order valence-electron chi connectivity index (χ1n) is 13.0. The number of rotatable bonds is 5. The van der Waals surface area contributed by atoms with Gasteiger partial charge in [-0.05, 0) is 49.2 Å². The first-order valence-corrected chi connectivity index (χ1v) is 13.0. The van der Waals surface area contributed by atoms with Crippen LogP contribution in [0.1, 0.15) is 12.8 Å². The van der Waals surface area contributed by atoms with E-state index in [4.69, 9.17) is 9.47 Å². The van der Waals surface area contributed by atoms with Gasteiger partial charge in [0.25, 0.3) is 0 Å². The maximum atomic E-state index is 13.4. The molecule has 4 aromatic rings. The second-order valence-corrected chi connectivity index (χ2v) is 9.79. The third kappa shape index (κ3) is 4.73. The van der Waals surface area contributed by atoms with Crippen LogP contribution in [-0.2, 0) is 0 Å². The molecule has 1 atom stereocenters. The number of likely N-dealkylation sites (tertiary alicyclic amines) is 1. The van der Waals surface area contributed by atoms with E-state index in [0.717, 1.165) is 78.1 Å². The van der Waals surface area contributed by atoms with Crippen LogP contribution in [0.25, 0.3) is 21.9 Å². The number of carbonyl (C=O) groups is 1. The highest BCUT2D eigenvalue weighted by Crippen LogP contribution is 2.32. The first kappa shape index (κ1) is 23.4. The van der Waals surface area contributed by atoms with E-state index in [9.17, 15) is 4.79 Å². The number of H-pyrrole nitrogens is 1. The van der Waals surface area contributed by atoms with Crippen molar-refractivity contribution in [2.24, 2.45) is 5.92 Å². The molecule has 3 aromatic heterocycles. The van der Waals surface area contributed by atoms with Crippen LogP contribution in [0.15, 0.2) is 55.0 Å². The Morgan fingerprint density at radius 2 is 1.81 bits per heavy atom. The summed E-state index contributed by atoms with van der Waals surface area (Å²) in [7, 11) is 1.66. The summed E-state index contributed by atoms with van der Waals surface area (Å²) in [6.07, 6.45) is 7.69. The number of anilines is 1. The lowest BCUT2D eigenvalue weighted by atomic mass is 9.99. The number of aromatic nitrogens is 3. The fraction of sp³-hybridized carbons (Fsp3) is 0.393. The zero-order valence-corrected chi connectivity index (χ0v) is 21.1. The largest absolute Gasteiger partial charge is 0.497 e. The molecular formula is C28H32N6O3. The fourth-order valence-electron chi connectivity index (χ4n) is 5.50. The summed E-state index contributed by atoms with van der Waals surface area (Å²) in [6, 6.07) is 11.9. The monoisotopic (exact) mass is 500 g/mol. The van der Waals surface area contributed by atoms with E-state index in [1.807, 2.05) is 52.5 Å². The zero-order chi connectivity index (χ0) is 25.2. The van der Waals surface area contributed by atoms with Gasteiger partial charge in [0.2, 0.25) is 0 Å². The fourth-order valence-corrected chi connectivity index (χ4v) is 5.50. The maximum Gasteiger partial charge on any atom is 0.320 e. The number of fused-ring (bicyclic) bond motifs is 3. The van der Waals surface area contributed by atoms with Crippen molar-refractivity contribution >= 4 is 33.7 Å². The number of amides is 2. The van der Waals surface area contributed by atoms with Crippen molar-refractivity contribution in [2.75, 3.05) is 57.9 Å². The van der Waals surface area contributed by atoms with Crippen LogP contribution in [0.5, 0.6) is 11.5 Å². The Bertz CT molecular complexity index is 1380. The van der Waals surface area contributed by atoms with Gasteiger partial charge >= 0.3 is 6.03 Å². The Labute approximate surface area is 216 Å². The van der Waals surface area contributed by atoms with Crippen LogP contribution >= 0.6 is 0 Å². The number of piperazine rings is 1. The molecule has 0 aliphatic carbocycles. The number of hydrogen-bond donors (Lipinski definition) is 1. The van der Waals surface area contributed by atoms with E-state index in [0.29, 0.717) is 25.6 Å². The molecule has 0 spiro atoms. The van der Waals surface area contributed by atoms with Crippen LogP contribution in [0.3, 0.4) is 0 Å². The van der Waals surface area contributed by atoms with Gasteiger partial charge in [-0.25, -0.2) is 14.8 Å². The second kappa shape index (κ2) is 10.2. The predicted molar refractivity (Wildman–Crippen MR) is 143 cm³/mol. The molecule has 5 heterocycles. The number of piperidine rings is 1. The normalized spacial score (nSPS) is 18.4. The Hall–Kier alpha value is -4.01. The Kier molecular flexibility index (Phi) is 6.42. The van der Waals surface area contributed by atoms with Crippen molar-refractivity contribution < 1.29 is 14.3 Å². The lowest BCUT2D eigenvalue weighted by Crippen LogP contribution is -2.54. The number of aromatic amines is 1. The molecule has 0 bridgehead atoms. The van der Waals surface area contributed by atoms with E-state index < -0.39 is 0 Å². The molecule has 0 radical (unpaired) electrons. The maximum absolute atomic E-state index is 13.4. The zero-order valence-electron chi connectivity index (χ0n) is 21.1. The molecule has 9 heteroatoms. The standard InChI is InChI=1S/C28H32N6O3/c1-36-21-4-6-22(7-5-21)37-19-20-3-2-12-34(18-20)28(35)33-15-13-32(14-16-33)25-9-11-29-24-17-31-27-23(26(24)25)8-10-30-27/h4-11,17,20,29H,2-3,12-16,18-19H2,1H3. The highest BCUT2D eigenvalue weighted by atomic mass is 16.5. The molecular weight excluding hydrogens is 468 g/mol. The molecule has 2 aliphatic heterocycles. The lowest BCUT2D eigenvalue weighted by Gasteiger charge is -2.41. The number of nitrogens with one attached hydrogen (secondary N) is 1. The lowest BCUT2D eigenvalue weighted by molar-refractivity contribution is 0.110. The number of carbonyl (C=O) groups excluding carboxylic acids is 1. The van der Waals surface area contributed by atoms with Gasteiger partial charge < -0.3 is 29.2 Å². The Balaban J connectivity index is 1.07. The molecule has 2 amide bonds. The SMILES string of the molecule is COc1ccc(OCC2CCCN(C(=O)N3CCN(c4cc[nH]c5cnc6nccc6c45)CC3)C2)cc1. The van der Waals surface area contributed by atoms with Crippen molar-refractivity contribution in [3.8, 4) is 11.5 Å². The number of pyridine rings is 2.